The largest absolute Gasteiger partial charge is 0.422 e. The first-order valence-corrected chi connectivity index (χ1v) is 20.1. The summed E-state index contributed by atoms with van der Waals surface area (Å²) in [4.78, 5) is 56.5. The summed E-state index contributed by atoms with van der Waals surface area (Å²) in [6.07, 6.45) is 24.9. The highest BCUT2D eigenvalue weighted by Gasteiger charge is 2.32. The molecule has 5 aromatic rings. The van der Waals surface area contributed by atoms with E-state index >= 15 is 0 Å². The number of nitrogens with one attached hydrogen (secondary N) is 1. The van der Waals surface area contributed by atoms with Gasteiger partial charge in [0.15, 0.2) is 5.78 Å². The van der Waals surface area contributed by atoms with Gasteiger partial charge in [-0.3, -0.25) is 14.1 Å². The number of rotatable bonds is 12. The van der Waals surface area contributed by atoms with Crippen LogP contribution < -0.4 is 16.6 Å². The third-order valence-corrected chi connectivity index (χ3v) is 11.3. The van der Waals surface area contributed by atoms with Crippen molar-refractivity contribution in [2.24, 2.45) is 0 Å². The quantitative estimate of drug-likeness (QED) is 0.0741. The van der Waals surface area contributed by atoms with Crippen LogP contribution in [0.4, 0.5) is 0 Å². The molecular formula is C50H51Br8N4O6+. The third-order valence-electron chi connectivity index (χ3n) is 11.3. The van der Waals surface area contributed by atoms with Crippen molar-refractivity contribution >= 4 is 169 Å². The van der Waals surface area contributed by atoms with Crippen LogP contribution in [0.3, 0.4) is 0 Å². The second-order valence-corrected chi connectivity index (χ2v) is 15.5. The maximum absolute atomic E-state index is 13.9. The Balaban J connectivity index is 0.00000289. The summed E-state index contributed by atoms with van der Waals surface area (Å²) in [5.41, 5.74) is 6.51. The lowest BCUT2D eigenvalue weighted by atomic mass is 9.99. The minimum atomic E-state index is -0.617. The number of nitrogens with zero attached hydrogens (tertiary/aromatic N) is 3. The molecule has 0 saturated heterocycles. The zero-order valence-corrected chi connectivity index (χ0v) is 49.9. The van der Waals surface area contributed by atoms with Gasteiger partial charge in [-0.05, 0) is 88.7 Å². The number of carbonyl (C=O) groups is 2. The summed E-state index contributed by atoms with van der Waals surface area (Å²) in [6, 6.07) is 26.2. The fourth-order valence-electron chi connectivity index (χ4n) is 8.04. The molecule has 18 heteroatoms. The summed E-state index contributed by atoms with van der Waals surface area (Å²) in [7, 11) is 0. The molecule has 0 spiro atoms. The number of quaternary nitrogens is 1. The molecule has 0 bridgehead atoms. The van der Waals surface area contributed by atoms with Crippen LogP contribution in [0.15, 0.2) is 199 Å². The first-order valence-electron chi connectivity index (χ1n) is 20.1. The molecule has 0 amide bonds. The third kappa shape index (κ3) is 14.8. The van der Waals surface area contributed by atoms with Crippen LogP contribution in [0.1, 0.15) is 31.8 Å². The number of fused-ring (bicyclic) bond motifs is 2. The molecular weight excluding hydrogens is 1390 g/mol. The average Bonchev–Trinajstić information content (AvgIpc) is 3.27. The van der Waals surface area contributed by atoms with Gasteiger partial charge in [0.05, 0.1) is 12.7 Å². The Morgan fingerprint density at radius 2 is 1.09 bits per heavy atom. The molecule has 1 N–H and O–H groups in total. The van der Waals surface area contributed by atoms with Crippen LogP contribution in [0.2, 0.25) is 0 Å². The average molecular weight is 1440 g/mol. The van der Waals surface area contributed by atoms with Gasteiger partial charge in [0.2, 0.25) is 5.78 Å². The highest BCUT2D eigenvalue weighted by molar-refractivity contribution is 8.93. The van der Waals surface area contributed by atoms with Gasteiger partial charge in [-0.15, -0.1) is 136 Å². The van der Waals surface area contributed by atoms with Gasteiger partial charge in [0.25, 0.3) is 0 Å². The Morgan fingerprint density at radius 3 is 1.60 bits per heavy atom. The molecule has 6 heterocycles. The SMILES string of the molecule is Br.Br.Br.Br.Br.Br.Br.Br.O=C(CN1C=CC(C2=CCN(Cc3ccc(C[N+]4(CC(=O)c5cc6ccccc6oc5=O)C=CC(C5=CCNC=C5)=CC4)cc3)C=C2)=CC1)c1cc2ccccc2oc1=O. The molecule has 0 radical (unpaired) electrons. The van der Waals surface area contributed by atoms with Crippen LogP contribution in [-0.2, 0) is 13.1 Å². The molecule has 1 unspecified atom stereocenters. The van der Waals surface area contributed by atoms with Crippen LogP contribution in [-0.4, -0.2) is 65.1 Å². The number of benzene rings is 3. The van der Waals surface area contributed by atoms with Gasteiger partial charge in [0.1, 0.15) is 41.9 Å². The number of para-hydroxylation sites is 2. The van der Waals surface area contributed by atoms with Gasteiger partial charge in [-0.25, -0.2) is 9.59 Å². The molecule has 4 aliphatic heterocycles. The van der Waals surface area contributed by atoms with E-state index in [4.69, 9.17) is 8.83 Å². The number of hydrogen-bond acceptors (Lipinski definition) is 9. The molecule has 0 fully saturated rings. The lowest BCUT2D eigenvalue weighted by Crippen LogP contribution is -2.47. The van der Waals surface area contributed by atoms with Crippen molar-refractivity contribution in [2.75, 3.05) is 39.3 Å². The van der Waals surface area contributed by atoms with Crippen molar-refractivity contribution in [3.63, 3.8) is 0 Å². The zero-order valence-electron chi connectivity index (χ0n) is 36.2. The molecule has 4 aliphatic rings. The molecule has 0 saturated carbocycles. The predicted molar refractivity (Wildman–Crippen MR) is 315 cm³/mol. The van der Waals surface area contributed by atoms with Crippen LogP contribution in [0.25, 0.3) is 21.9 Å². The van der Waals surface area contributed by atoms with E-state index < -0.39 is 11.3 Å². The number of carbonyl (C=O) groups excluding carboxylic acids is 2. The lowest BCUT2D eigenvalue weighted by molar-refractivity contribution is -0.879. The van der Waals surface area contributed by atoms with Crippen molar-refractivity contribution in [3.8, 4) is 0 Å². The maximum atomic E-state index is 13.9. The minimum absolute atomic E-state index is 0. The number of ketones is 2. The van der Waals surface area contributed by atoms with Crippen LogP contribution >= 0.6 is 136 Å². The number of allylic oxidation sites excluding steroid dienone is 8. The second kappa shape index (κ2) is 28.4. The Morgan fingerprint density at radius 1 is 0.574 bits per heavy atom. The predicted octanol–water partition coefficient (Wildman–Crippen LogP) is 12.1. The monoisotopic (exact) mass is 1430 g/mol. The van der Waals surface area contributed by atoms with Gasteiger partial charge in [-0.2, -0.15) is 0 Å². The summed E-state index contributed by atoms with van der Waals surface area (Å²) in [6.45, 7) is 4.14. The highest BCUT2D eigenvalue weighted by atomic mass is 79.9. The molecule has 10 nitrogen and oxygen atoms in total. The summed E-state index contributed by atoms with van der Waals surface area (Å²) >= 11 is 0. The van der Waals surface area contributed by atoms with Crippen LogP contribution in [0.5, 0.6) is 0 Å². The summed E-state index contributed by atoms with van der Waals surface area (Å²) < 4.78 is 11.2. The van der Waals surface area contributed by atoms with Gasteiger partial charge in [0, 0.05) is 54.9 Å². The van der Waals surface area contributed by atoms with E-state index in [1.165, 1.54) is 0 Å². The number of dihydropyridines is 1. The normalized spacial score (nSPS) is 16.4. The highest BCUT2D eigenvalue weighted by Crippen LogP contribution is 2.28. The van der Waals surface area contributed by atoms with Gasteiger partial charge < -0.3 is 24.0 Å². The van der Waals surface area contributed by atoms with Gasteiger partial charge >= 0.3 is 11.3 Å². The van der Waals surface area contributed by atoms with Crippen molar-refractivity contribution in [1.82, 2.24) is 15.1 Å². The van der Waals surface area contributed by atoms with Crippen LogP contribution in [0, 0.1) is 0 Å². The summed E-state index contributed by atoms with van der Waals surface area (Å²) in [5.74, 6) is -0.532. The van der Waals surface area contributed by atoms with E-state index in [9.17, 15) is 19.2 Å². The van der Waals surface area contributed by atoms with Crippen molar-refractivity contribution in [2.45, 2.75) is 13.1 Å². The van der Waals surface area contributed by atoms with E-state index in [1.54, 1.807) is 36.4 Å². The van der Waals surface area contributed by atoms with Crippen molar-refractivity contribution in [3.05, 3.63) is 224 Å². The second-order valence-electron chi connectivity index (χ2n) is 15.5. The fourth-order valence-corrected chi connectivity index (χ4v) is 8.04. The van der Waals surface area contributed by atoms with E-state index in [1.807, 2.05) is 47.6 Å². The van der Waals surface area contributed by atoms with Crippen molar-refractivity contribution < 1.29 is 22.9 Å². The molecule has 2 aromatic heterocycles. The number of halogens is 8. The molecule has 9 rings (SSSR count). The topological polar surface area (TPSA) is 113 Å². The first-order chi connectivity index (χ1) is 29.3. The number of hydrogen-bond donors (Lipinski definition) is 1. The van der Waals surface area contributed by atoms with Gasteiger partial charge in [-0.1, -0.05) is 78.9 Å². The fraction of sp³-hybridized carbons (Fsp3) is 0.160. The first kappa shape index (κ1) is 62.6. The molecule has 68 heavy (non-hydrogen) atoms. The van der Waals surface area contributed by atoms with E-state index in [2.05, 4.69) is 89.4 Å². The lowest BCUT2D eigenvalue weighted by Gasteiger charge is -2.36. The zero-order chi connectivity index (χ0) is 41.1. The Bertz CT molecular complexity index is 2940. The Labute approximate surface area is 478 Å². The van der Waals surface area contributed by atoms with E-state index in [-0.39, 0.29) is 172 Å². The minimum Gasteiger partial charge on any atom is -0.422 e. The Kier molecular flexibility index (Phi) is 26.1. The molecule has 0 aliphatic carbocycles. The van der Waals surface area contributed by atoms with E-state index in [0.29, 0.717) is 35.3 Å². The smallest absolute Gasteiger partial charge is 0.347 e. The standard InChI is InChI=1S/C50H43N4O6.8BrH/c55-45(43-29-41-5-1-3-7-47(41)59-49(43)57)32-53-25-17-39(18-26-53)38-15-23-52(24-16-38)31-35-9-11-36(12-10-35)33-54(27-19-40(20-28-54)37-13-21-51-22-14-37)34-46(56)44-30-42-6-2-4-8-48(42)60-50(44)58;;;;;;;;/h1-21,23,25,27,29-30,51H,22,24,26,28,31-34H2;8*1H/q+1;;;;;;;;. The van der Waals surface area contributed by atoms with E-state index in [0.717, 1.165) is 63.8 Å². The molecule has 3 aromatic carbocycles. The number of Topliss-reactive ketones (excluding diaryl/α,β-unsaturated/α-hetero) is 2. The van der Waals surface area contributed by atoms with Crippen molar-refractivity contribution in [1.29, 1.82) is 0 Å². The molecule has 1 atom stereocenters. The Hall–Kier alpha value is -3.46. The molecule has 362 valence electrons. The maximum Gasteiger partial charge on any atom is 0.347 e. The summed E-state index contributed by atoms with van der Waals surface area (Å²) in [5, 5.41) is 4.63.